The molecule has 0 radical (unpaired) electrons. The molecule has 34 heavy (non-hydrogen) atoms. The molecule has 0 N–H and O–H groups in total. The first kappa shape index (κ1) is 23.1. The lowest BCUT2D eigenvalue weighted by atomic mass is 9.99. The van der Waals surface area contributed by atoms with Gasteiger partial charge in [0.1, 0.15) is 13.2 Å². The number of piperidine rings is 1. The second-order valence-electron chi connectivity index (χ2n) is 8.56. The van der Waals surface area contributed by atoms with Crippen LogP contribution in [0.4, 0.5) is 0 Å². The summed E-state index contributed by atoms with van der Waals surface area (Å²) in [5, 5.41) is 0. The van der Waals surface area contributed by atoms with E-state index in [4.69, 9.17) is 9.47 Å². The van der Waals surface area contributed by atoms with Crippen LogP contribution < -0.4 is 14.3 Å². The molecule has 2 aliphatic rings. The molecule has 2 aromatic carbocycles. The Bertz CT molecular complexity index is 1410. The summed E-state index contributed by atoms with van der Waals surface area (Å²) >= 11 is 1.43. The van der Waals surface area contributed by atoms with E-state index in [1.807, 2.05) is 30.5 Å². The first-order chi connectivity index (χ1) is 16.4. The van der Waals surface area contributed by atoms with Crippen molar-refractivity contribution < 1.29 is 22.7 Å². The van der Waals surface area contributed by atoms with Crippen molar-refractivity contribution in [3.63, 3.8) is 0 Å². The number of rotatable bonds is 4. The summed E-state index contributed by atoms with van der Waals surface area (Å²) < 4.78 is 42.0. The van der Waals surface area contributed by atoms with Crippen LogP contribution in [0, 0.1) is 12.8 Å². The number of hydrogen-bond acceptors (Lipinski definition) is 6. The Labute approximate surface area is 202 Å². The van der Waals surface area contributed by atoms with Crippen LogP contribution in [-0.4, -0.2) is 49.5 Å². The molecule has 1 saturated heterocycles. The van der Waals surface area contributed by atoms with Crippen LogP contribution >= 0.6 is 11.3 Å². The average molecular weight is 502 g/mol. The largest absolute Gasteiger partial charge is 0.486 e. The number of nitrogens with zero attached hydrogens (tertiary/aromatic N) is 3. The van der Waals surface area contributed by atoms with Gasteiger partial charge in [0.2, 0.25) is 10.0 Å². The zero-order chi connectivity index (χ0) is 23.9. The maximum Gasteiger partial charge on any atom is 0.252 e. The van der Waals surface area contributed by atoms with Crippen LogP contribution in [0.2, 0.25) is 0 Å². The van der Waals surface area contributed by atoms with Crippen molar-refractivity contribution in [2.45, 2.75) is 38.1 Å². The summed E-state index contributed by atoms with van der Waals surface area (Å²) in [5.74, 6) is 0.644. The number of sulfonamides is 1. The van der Waals surface area contributed by atoms with Gasteiger partial charge in [-0.2, -0.15) is 9.30 Å². The highest BCUT2D eigenvalue weighted by Gasteiger charge is 2.33. The summed E-state index contributed by atoms with van der Waals surface area (Å²) in [7, 11) is -3.65. The van der Waals surface area contributed by atoms with Crippen LogP contribution in [0.25, 0.3) is 10.2 Å². The van der Waals surface area contributed by atoms with Crippen LogP contribution in [0.5, 0.6) is 11.5 Å². The standard InChI is InChI=1S/C24H27N3O5S2/c1-3-27-19-13-20-21(32-12-11-31-20)14-22(19)33-24(27)25-23(28)17-5-4-10-26(15-17)34(29,30)18-8-6-16(2)7-9-18/h6-9,13-14,17H,3-5,10-12,15H2,1-2H3. The van der Waals surface area contributed by atoms with Crippen LogP contribution in [0.1, 0.15) is 25.3 Å². The molecule has 1 fully saturated rings. The molecule has 5 rings (SSSR count). The van der Waals surface area contributed by atoms with Gasteiger partial charge in [0, 0.05) is 31.8 Å². The van der Waals surface area contributed by atoms with Gasteiger partial charge in [-0.15, -0.1) is 0 Å². The predicted molar refractivity (Wildman–Crippen MR) is 130 cm³/mol. The van der Waals surface area contributed by atoms with Gasteiger partial charge < -0.3 is 14.0 Å². The molecule has 8 nitrogen and oxygen atoms in total. The number of amides is 1. The number of carbonyl (C=O) groups is 1. The number of thiazole rings is 1. The minimum atomic E-state index is -3.65. The first-order valence-electron chi connectivity index (χ1n) is 11.4. The van der Waals surface area contributed by atoms with Gasteiger partial charge in [0.25, 0.3) is 5.91 Å². The Morgan fingerprint density at radius 1 is 1.15 bits per heavy atom. The Morgan fingerprint density at radius 3 is 2.56 bits per heavy atom. The SMILES string of the molecule is CCn1c(=NC(=O)C2CCCN(S(=O)(=O)c3ccc(C)cc3)C2)sc2cc3c(cc21)OCCO3. The van der Waals surface area contributed by atoms with E-state index in [0.29, 0.717) is 55.4 Å². The van der Waals surface area contributed by atoms with Gasteiger partial charge in [-0.25, -0.2) is 8.42 Å². The Morgan fingerprint density at radius 2 is 1.85 bits per heavy atom. The quantitative estimate of drug-likeness (QED) is 0.547. The van der Waals surface area contributed by atoms with E-state index in [1.165, 1.54) is 15.6 Å². The highest BCUT2D eigenvalue weighted by atomic mass is 32.2. The van der Waals surface area contributed by atoms with Gasteiger partial charge in [0.15, 0.2) is 16.3 Å². The smallest absolute Gasteiger partial charge is 0.252 e. The van der Waals surface area contributed by atoms with Crippen molar-refractivity contribution in [3.05, 3.63) is 46.8 Å². The summed E-state index contributed by atoms with van der Waals surface area (Å²) in [6, 6.07) is 10.7. The summed E-state index contributed by atoms with van der Waals surface area (Å²) in [6.45, 7) is 6.13. The Balaban J connectivity index is 1.43. The second-order valence-corrected chi connectivity index (χ2v) is 11.5. The predicted octanol–water partition coefficient (Wildman–Crippen LogP) is 3.33. The number of hydrogen-bond donors (Lipinski definition) is 0. The van der Waals surface area contributed by atoms with Crippen molar-refractivity contribution in [1.29, 1.82) is 0 Å². The van der Waals surface area contributed by atoms with Crippen LogP contribution in [0.15, 0.2) is 46.3 Å². The van der Waals surface area contributed by atoms with E-state index in [1.54, 1.807) is 24.3 Å². The normalized spacial score (nSPS) is 19.5. The first-order valence-corrected chi connectivity index (χ1v) is 13.7. The van der Waals surface area contributed by atoms with Crippen molar-refractivity contribution in [3.8, 4) is 11.5 Å². The molecule has 3 heterocycles. The number of carbonyl (C=O) groups excluding carboxylic acids is 1. The van der Waals surface area contributed by atoms with E-state index in [2.05, 4.69) is 4.99 Å². The van der Waals surface area contributed by atoms with E-state index in [0.717, 1.165) is 15.8 Å². The van der Waals surface area contributed by atoms with E-state index in [9.17, 15) is 13.2 Å². The van der Waals surface area contributed by atoms with Gasteiger partial charge >= 0.3 is 0 Å². The van der Waals surface area contributed by atoms with Gasteiger partial charge in [-0.05, 0) is 38.8 Å². The molecule has 0 saturated carbocycles. The number of ether oxygens (including phenoxy) is 2. The zero-order valence-electron chi connectivity index (χ0n) is 19.2. The maximum absolute atomic E-state index is 13.2. The second kappa shape index (κ2) is 9.16. The van der Waals surface area contributed by atoms with Gasteiger partial charge in [-0.3, -0.25) is 4.79 Å². The fourth-order valence-electron chi connectivity index (χ4n) is 4.40. The zero-order valence-corrected chi connectivity index (χ0v) is 20.8. The fraction of sp³-hybridized carbons (Fsp3) is 0.417. The molecule has 1 atom stereocenters. The number of fused-ring (bicyclic) bond motifs is 2. The molecule has 3 aromatic rings. The molecule has 1 amide bonds. The molecule has 0 bridgehead atoms. The topological polar surface area (TPSA) is 90.2 Å². The maximum atomic E-state index is 13.2. The lowest BCUT2D eigenvalue weighted by Crippen LogP contribution is -2.42. The fourth-order valence-corrected chi connectivity index (χ4v) is 7.04. The minimum absolute atomic E-state index is 0.144. The van der Waals surface area contributed by atoms with Crippen molar-refractivity contribution in [2.75, 3.05) is 26.3 Å². The third kappa shape index (κ3) is 4.25. The highest BCUT2D eigenvalue weighted by Crippen LogP contribution is 2.35. The molecular weight excluding hydrogens is 474 g/mol. The summed E-state index contributed by atoms with van der Waals surface area (Å²) in [6.07, 6.45) is 1.24. The van der Waals surface area contributed by atoms with E-state index < -0.39 is 15.9 Å². The minimum Gasteiger partial charge on any atom is -0.486 e. The molecule has 10 heteroatoms. The number of aromatic nitrogens is 1. The van der Waals surface area contributed by atoms with Crippen molar-refractivity contribution in [1.82, 2.24) is 8.87 Å². The lowest BCUT2D eigenvalue weighted by molar-refractivity contribution is -0.122. The Hall–Kier alpha value is -2.69. The summed E-state index contributed by atoms with van der Waals surface area (Å²) in [4.78, 5) is 18.5. The van der Waals surface area contributed by atoms with Crippen LogP contribution in [0.3, 0.4) is 0 Å². The van der Waals surface area contributed by atoms with Crippen molar-refractivity contribution >= 4 is 37.5 Å². The molecule has 180 valence electrons. The average Bonchev–Trinajstić information content (AvgIpc) is 3.18. The number of aryl methyl sites for hydroxylation is 2. The Kier molecular flexibility index (Phi) is 6.22. The monoisotopic (exact) mass is 501 g/mol. The highest BCUT2D eigenvalue weighted by molar-refractivity contribution is 7.89. The molecular formula is C24H27N3O5S2. The van der Waals surface area contributed by atoms with E-state index >= 15 is 0 Å². The number of benzene rings is 2. The third-order valence-electron chi connectivity index (χ3n) is 6.26. The summed E-state index contributed by atoms with van der Waals surface area (Å²) in [5.41, 5.74) is 1.94. The molecule has 0 aliphatic carbocycles. The van der Waals surface area contributed by atoms with Crippen LogP contribution in [-0.2, 0) is 21.4 Å². The lowest BCUT2D eigenvalue weighted by Gasteiger charge is -2.30. The molecule has 1 unspecified atom stereocenters. The van der Waals surface area contributed by atoms with E-state index in [-0.39, 0.29) is 17.3 Å². The third-order valence-corrected chi connectivity index (χ3v) is 9.18. The molecule has 2 aliphatic heterocycles. The van der Waals surface area contributed by atoms with Crippen molar-refractivity contribution in [2.24, 2.45) is 10.9 Å². The molecule has 0 spiro atoms. The van der Waals surface area contributed by atoms with Gasteiger partial charge in [-0.1, -0.05) is 29.0 Å². The molecule has 1 aromatic heterocycles. The van der Waals surface area contributed by atoms with Gasteiger partial charge in [0.05, 0.1) is 21.0 Å².